The average molecular weight is 345 g/mol. The molecule has 2 unspecified atom stereocenters. The number of rotatable bonds is 7. The Kier molecular flexibility index (Phi) is 6.37. The maximum Gasteiger partial charge on any atom is 0.312 e. The lowest BCUT2D eigenvalue weighted by molar-refractivity contribution is -0.122. The lowest BCUT2D eigenvalue weighted by atomic mass is 9.95. The lowest BCUT2D eigenvalue weighted by Gasteiger charge is -2.24. The largest absolute Gasteiger partial charge is 0.352 e. The second kappa shape index (κ2) is 8.49. The molecule has 1 heterocycles. The van der Waals surface area contributed by atoms with Gasteiger partial charge in [-0.2, -0.15) is 0 Å². The number of nitrogens with one attached hydrogen (secondary N) is 2. The molecule has 6 heteroatoms. The van der Waals surface area contributed by atoms with E-state index in [0.717, 1.165) is 10.4 Å². The average Bonchev–Trinajstić information content (AvgIpc) is 3.06. The van der Waals surface area contributed by atoms with Crippen LogP contribution in [0.4, 0.5) is 4.79 Å². The standard InChI is InChI=1S/C18H23N3O2S/c1-12(2)17(13-7-4-3-5-8-13)21-16(22)11-14(20-18(19)23)15-9-6-10-24-15/h3-10,12,14,17H,11H2,1-2H3,(H,21,22)(H3,19,20,23). The molecular formula is C18H23N3O2S. The third-order valence-corrected chi connectivity index (χ3v) is 4.72. The second-order valence-electron chi connectivity index (χ2n) is 5.98. The van der Waals surface area contributed by atoms with Gasteiger partial charge in [0.05, 0.1) is 18.5 Å². The summed E-state index contributed by atoms with van der Waals surface area (Å²) in [5.74, 6) is 0.130. The summed E-state index contributed by atoms with van der Waals surface area (Å²) < 4.78 is 0. The van der Waals surface area contributed by atoms with Crippen LogP contribution in [0, 0.1) is 5.92 Å². The van der Waals surface area contributed by atoms with E-state index in [2.05, 4.69) is 24.5 Å². The van der Waals surface area contributed by atoms with Crippen molar-refractivity contribution in [1.29, 1.82) is 0 Å². The summed E-state index contributed by atoms with van der Waals surface area (Å²) >= 11 is 1.49. The minimum atomic E-state index is -0.635. The van der Waals surface area contributed by atoms with Crippen molar-refractivity contribution in [2.45, 2.75) is 32.4 Å². The van der Waals surface area contributed by atoms with Gasteiger partial charge in [0.1, 0.15) is 0 Å². The zero-order chi connectivity index (χ0) is 17.5. The molecular weight excluding hydrogens is 322 g/mol. The molecule has 1 aromatic carbocycles. The number of carbonyl (C=O) groups excluding carboxylic acids is 2. The highest BCUT2D eigenvalue weighted by Gasteiger charge is 2.22. The van der Waals surface area contributed by atoms with Gasteiger partial charge in [-0.15, -0.1) is 11.3 Å². The second-order valence-corrected chi connectivity index (χ2v) is 6.96. The van der Waals surface area contributed by atoms with Crippen LogP contribution >= 0.6 is 11.3 Å². The van der Waals surface area contributed by atoms with Gasteiger partial charge in [0.25, 0.3) is 0 Å². The number of benzene rings is 1. The molecule has 4 N–H and O–H groups in total. The van der Waals surface area contributed by atoms with Gasteiger partial charge in [-0.3, -0.25) is 4.79 Å². The Bertz CT molecular complexity index is 656. The summed E-state index contributed by atoms with van der Waals surface area (Å²) in [5, 5.41) is 7.62. The maximum atomic E-state index is 12.5. The highest BCUT2D eigenvalue weighted by atomic mass is 32.1. The summed E-state index contributed by atoms with van der Waals surface area (Å²) in [5.41, 5.74) is 6.30. The summed E-state index contributed by atoms with van der Waals surface area (Å²) in [6.07, 6.45) is 0.152. The van der Waals surface area contributed by atoms with Gasteiger partial charge >= 0.3 is 6.03 Å². The van der Waals surface area contributed by atoms with Crippen LogP contribution in [0.25, 0.3) is 0 Å². The first kappa shape index (κ1) is 18.0. The Hall–Kier alpha value is -2.34. The first-order chi connectivity index (χ1) is 11.5. The van der Waals surface area contributed by atoms with Gasteiger partial charge in [0.2, 0.25) is 5.91 Å². The molecule has 5 nitrogen and oxygen atoms in total. The molecule has 2 aromatic rings. The first-order valence-electron chi connectivity index (χ1n) is 7.91. The summed E-state index contributed by atoms with van der Waals surface area (Å²) in [4.78, 5) is 24.6. The fraction of sp³-hybridized carbons (Fsp3) is 0.333. The van der Waals surface area contributed by atoms with E-state index in [1.165, 1.54) is 11.3 Å². The van der Waals surface area contributed by atoms with Crippen molar-refractivity contribution in [3.8, 4) is 0 Å². The molecule has 2 rings (SSSR count). The van der Waals surface area contributed by atoms with E-state index < -0.39 is 12.1 Å². The molecule has 3 amide bonds. The van der Waals surface area contributed by atoms with Gasteiger partial charge in [-0.05, 0) is 22.9 Å². The lowest BCUT2D eigenvalue weighted by Crippen LogP contribution is -2.38. The molecule has 0 bridgehead atoms. The number of carbonyl (C=O) groups is 2. The Morgan fingerprint density at radius 1 is 1.08 bits per heavy atom. The summed E-state index contributed by atoms with van der Waals surface area (Å²) in [6, 6.07) is 12.5. The number of thiophene rings is 1. The van der Waals surface area contributed by atoms with E-state index in [1.807, 2.05) is 47.8 Å². The van der Waals surface area contributed by atoms with Crippen LogP contribution in [0.15, 0.2) is 47.8 Å². The molecule has 24 heavy (non-hydrogen) atoms. The van der Waals surface area contributed by atoms with Crippen LogP contribution in [0.5, 0.6) is 0 Å². The fourth-order valence-electron chi connectivity index (χ4n) is 2.60. The van der Waals surface area contributed by atoms with Gasteiger partial charge in [0, 0.05) is 4.88 Å². The van der Waals surface area contributed by atoms with E-state index in [9.17, 15) is 9.59 Å². The van der Waals surface area contributed by atoms with Crippen molar-refractivity contribution < 1.29 is 9.59 Å². The minimum absolute atomic E-state index is 0.0729. The highest BCUT2D eigenvalue weighted by molar-refractivity contribution is 7.10. The van der Waals surface area contributed by atoms with Crippen LogP contribution in [-0.2, 0) is 4.79 Å². The molecule has 0 aliphatic carbocycles. The number of hydrogen-bond acceptors (Lipinski definition) is 3. The molecule has 0 aliphatic rings. The van der Waals surface area contributed by atoms with Gasteiger partial charge in [-0.25, -0.2) is 4.79 Å². The number of urea groups is 1. The van der Waals surface area contributed by atoms with Crippen LogP contribution in [-0.4, -0.2) is 11.9 Å². The van der Waals surface area contributed by atoms with E-state index in [4.69, 9.17) is 5.73 Å². The van der Waals surface area contributed by atoms with Crippen LogP contribution in [0.2, 0.25) is 0 Å². The monoisotopic (exact) mass is 345 g/mol. The van der Waals surface area contributed by atoms with Crippen molar-refractivity contribution in [3.05, 3.63) is 58.3 Å². The molecule has 0 fully saturated rings. The zero-order valence-electron chi connectivity index (χ0n) is 13.9. The SMILES string of the molecule is CC(C)C(NC(=O)CC(NC(N)=O)c1cccs1)c1ccccc1. The summed E-state index contributed by atoms with van der Waals surface area (Å²) in [6.45, 7) is 4.13. The molecule has 0 saturated carbocycles. The maximum absolute atomic E-state index is 12.5. The molecule has 1 aromatic heterocycles. The van der Waals surface area contributed by atoms with Gasteiger partial charge < -0.3 is 16.4 Å². The van der Waals surface area contributed by atoms with Crippen molar-refractivity contribution >= 4 is 23.3 Å². The van der Waals surface area contributed by atoms with Crippen LogP contribution in [0.1, 0.15) is 42.8 Å². The Labute approximate surface area is 146 Å². The predicted octanol–water partition coefficient (Wildman–Crippen LogP) is 3.36. The molecule has 128 valence electrons. The van der Waals surface area contributed by atoms with Crippen molar-refractivity contribution in [2.24, 2.45) is 11.7 Å². The predicted molar refractivity (Wildman–Crippen MR) is 96.6 cm³/mol. The Balaban J connectivity index is 2.07. The normalized spacial score (nSPS) is 13.3. The minimum Gasteiger partial charge on any atom is -0.352 e. The van der Waals surface area contributed by atoms with Crippen molar-refractivity contribution in [2.75, 3.05) is 0 Å². The van der Waals surface area contributed by atoms with Crippen molar-refractivity contribution in [3.63, 3.8) is 0 Å². The first-order valence-corrected chi connectivity index (χ1v) is 8.79. The molecule has 2 atom stereocenters. The summed E-state index contributed by atoms with van der Waals surface area (Å²) in [7, 11) is 0. The molecule has 0 spiro atoms. The van der Waals surface area contributed by atoms with Crippen molar-refractivity contribution in [1.82, 2.24) is 10.6 Å². The van der Waals surface area contributed by atoms with Gasteiger partial charge in [-0.1, -0.05) is 50.2 Å². The number of amides is 3. The number of primary amides is 1. The fourth-order valence-corrected chi connectivity index (χ4v) is 3.37. The smallest absolute Gasteiger partial charge is 0.312 e. The quantitative estimate of drug-likeness (QED) is 0.719. The van der Waals surface area contributed by atoms with Gasteiger partial charge in [0.15, 0.2) is 0 Å². The topological polar surface area (TPSA) is 84.2 Å². The third kappa shape index (κ3) is 5.09. The number of hydrogen-bond donors (Lipinski definition) is 3. The van der Waals surface area contributed by atoms with Crippen LogP contribution < -0.4 is 16.4 Å². The van der Waals surface area contributed by atoms with E-state index >= 15 is 0 Å². The molecule has 0 aliphatic heterocycles. The van der Waals surface area contributed by atoms with Crippen LogP contribution in [0.3, 0.4) is 0 Å². The molecule has 0 radical (unpaired) electrons. The number of nitrogens with two attached hydrogens (primary N) is 1. The molecule has 0 saturated heterocycles. The zero-order valence-corrected chi connectivity index (χ0v) is 14.7. The van der Waals surface area contributed by atoms with E-state index in [0.29, 0.717) is 0 Å². The van der Waals surface area contributed by atoms with E-state index in [1.54, 1.807) is 0 Å². The third-order valence-electron chi connectivity index (χ3n) is 3.73. The highest BCUT2D eigenvalue weighted by Crippen LogP contribution is 2.24. The van der Waals surface area contributed by atoms with E-state index in [-0.39, 0.29) is 24.3 Å². The Morgan fingerprint density at radius 3 is 2.33 bits per heavy atom. The Morgan fingerprint density at radius 2 is 1.79 bits per heavy atom.